The molecule has 3 heteroatoms. The smallest absolute Gasteiger partial charge is 0.237 e. The van der Waals surface area contributed by atoms with Gasteiger partial charge in [-0.05, 0) is 18.4 Å². The molecule has 0 saturated heterocycles. The lowest BCUT2D eigenvalue weighted by atomic mass is 10.0. The summed E-state index contributed by atoms with van der Waals surface area (Å²) in [6, 6.07) is 9.66. The summed E-state index contributed by atoms with van der Waals surface area (Å²) in [7, 11) is 0. The zero-order valence-electron chi connectivity index (χ0n) is 10.6. The Balaban J connectivity index is 2.62. The molecule has 94 valence electrons. The molecule has 0 bridgehead atoms. The lowest BCUT2D eigenvalue weighted by molar-refractivity contribution is -0.123. The van der Waals surface area contributed by atoms with Crippen LogP contribution in [0, 0.1) is 0 Å². The fourth-order valence-corrected chi connectivity index (χ4v) is 1.83. The Kier molecular flexibility index (Phi) is 5.70. The van der Waals surface area contributed by atoms with E-state index in [1.165, 1.54) is 0 Å². The monoisotopic (exact) mass is 234 g/mol. The lowest BCUT2D eigenvalue weighted by Crippen LogP contribution is -2.42. The van der Waals surface area contributed by atoms with Crippen LogP contribution in [0.4, 0.5) is 0 Å². The summed E-state index contributed by atoms with van der Waals surface area (Å²) in [4.78, 5) is 11.8. The highest BCUT2D eigenvalue weighted by molar-refractivity contribution is 5.81. The summed E-state index contributed by atoms with van der Waals surface area (Å²) in [6.45, 7) is 4.09. The van der Waals surface area contributed by atoms with E-state index in [4.69, 9.17) is 5.73 Å². The van der Waals surface area contributed by atoms with Gasteiger partial charge in [0.25, 0.3) is 0 Å². The minimum absolute atomic E-state index is 0.0532. The zero-order chi connectivity index (χ0) is 12.7. The van der Waals surface area contributed by atoms with Crippen LogP contribution >= 0.6 is 0 Å². The van der Waals surface area contributed by atoms with Crippen LogP contribution in [0.2, 0.25) is 0 Å². The van der Waals surface area contributed by atoms with E-state index in [9.17, 15) is 4.79 Å². The number of carbonyl (C=O) groups excluding carboxylic acids is 1. The number of hydrogen-bond acceptors (Lipinski definition) is 2. The molecule has 0 heterocycles. The fourth-order valence-electron chi connectivity index (χ4n) is 1.83. The number of amides is 1. The Morgan fingerprint density at radius 1 is 1.29 bits per heavy atom. The van der Waals surface area contributed by atoms with E-state index >= 15 is 0 Å². The van der Waals surface area contributed by atoms with Crippen LogP contribution in [0.3, 0.4) is 0 Å². The summed E-state index contributed by atoms with van der Waals surface area (Å²) >= 11 is 0. The Hall–Kier alpha value is -1.35. The first-order chi connectivity index (χ1) is 8.19. The molecule has 3 nitrogen and oxygen atoms in total. The van der Waals surface area contributed by atoms with Gasteiger partial charge in [0.1, 0.15) is 0 Å². The predicted octanol–water partition coefficient (Wildman–Crippen LogP) is 2.38. The van der Waals surface area contributed by atoms with Crippen LogP contribution in [0.25, 0.3) is 0 Å². The maximum Gasteiger partial charge on any atom is 0.237 e. The second kappa shape index (κ2) is 7.07. The summed E-state index contributed by atoms with van der Waals surface area (Å²) < 4.78 is 0. The van der Waals surface area contributed by atoms with Gasteiger partial charge in [-0.15, -0.1) is 0 Å². The summed E-state index contributed by atoms with van der Waals surface area (Å²) in [6.07, 6.45) is 2.53. The molecule has 0 aromatic heterocycles. The predicted molar refractivity (Wildman–Crippen MR) is 70.5 cm³/mol. The number of nitrogens with one attached hydrogen (secondary N) is 1. The molecular weight excluding hydrogens is 212 g/mol. The van der Waals surface area contributed by atoms with Crippen molar-refractivity contribution in [3.63, 3.8) is 0 Å². The Labute approximate surface area is 103 Å². The average molecular weight is 234 g/mol. The molecule has 1 unspecified atom stereocenters. The minimum atomic E-state index is -0.391. The van der Waals surface area contributed by atoms with Crippen LogP contribution in [0.1, 0.15) is 44.7 Å². The number of benzene rings is 1. The van der Waals surface area contributed by atoms with Crippen molar-refractivity contribution < 1.29 is 4.79 Å². The van der Waals surface area contributed by atoms with Crippen molar-refractivity contribution in [1.82, 2.24) is 5.32 Å². The van der Waals surface area contributed by atoms with E-state index in [0.29, 0.717) is 0 Å². The van der Waals surface area contributed by atoms with Crippen molar-refractivity contribution in [2.75, 3.05) is 0 Å². The van der Waals surface area contributed by atoms with Crippen LogP contribution in [-0.2, 0) is 4.79 Å². The summed E-state index contributed by atoms with van der Waals surface area (Å²) in [5.41, 5.74) is 6.93. The second-order valence-electron chi connectivity index (χ2n) is 4.28. The van der Waals surface area contributed by atoms with Gasteiger partial charge in [-0.2, -0.15) is 0 Å². The van der Waals surface area contributed by atoms with Gasteiger partial charge >= 0.3 is 0 Å². The number of nitrogens with two attached hydrogens (primary N) is 1. The highest BCUT2D eigenvalue weighted by Crippen LogP contribution is 2.16. The molecule has 0 radical (unpaired) electrons. The molecule has 0 aliphatic carbocycles. The summed E-state index contributed by atoms with van der Waals surface area (Å²) in [5, 5.41) is 3.00. The third kappa shape index (κ3) is 4.19. The molecule has 1 amide bonds. The van der Waals surface area contributed by atoms with Gasteiger partial charge in [-0.1, -0.05) is 50.6 Å². The maximum absolute atomic E-state index is 11.8. The summed E-state index contributed by atoms with van der Waals surface area (Å²) in [5.74, 6) is -0.0532. The van der Waals surface area contributed by atoms with E-state index in [1.54, 1.807) is 0 Å². The molecule has 17 heavy (non-hydrogen) atoms. The fraction of sp³-hybridized carbons (Fsp3) is 0.500. The van der Waals surface area contributed by atoms with Crippen LogP contribution in [-0.4, -0.2) is 11.9 Å². The molecule has 0 aliphatic heterocycles. The van der Waals surface area contributed by atoms with Gasteiger partial charge < -0.3 is 11.1 Å². The van der Waals surface area contributed by atoms with Crippen LogP contribution in [0.5, 0.6) is 0 Å². The van der Waals surface area contributed by atoms with Crippen molar-refractivity contribution in [3.05, 3.63) is 35.9 Å². The highest BCUT2D eigenvalue weighted by Gasteiger charge is 2.17. The first-order valence-electron chi connectivity index (χ1n) is 6.29. The van der Waals surface area contributed by atoms with Gasteiger partial charge in [0, 0.05) is 0 Å². The van der Waals surface area contributed by atoms with Gasteiger partial charge in [0.15, 0.2) is 0 Å². The Morgan fingerprint density at radius 2 is 1.94 bits per heavy atom. The topological polar surface area (TPSA) is 55.1 Å². The normalized spacial score (nSPS) is 14.1. The molecule has 1 aromatic rings. The highest BCUT2D eigenvalue weighted by atomic mass is 16.2. The maximum atomic E-state index is 11.8. The van der Waals surface area contributed by atoms with Crippen molar-refractivity contribution in [1.29, 1.82) is 0 Å². The zero-order valence-corrected chi connectivity index (χ0v) is 10.6. The molecule has 0 aliphatic rings. The molecular formula is C14H22N2O. The van der Waals surface area contributed by atoms with Crippen molar-refractivity contribution in [2.45, 2.75) is 45.2 Å². The Bertz CT molecular complexity index is 337. The largest absolute Gasteiger partial charge is 0.348 e. The van der Waals surface area contributed by atoms with Gasteiger partial charge in [-0.25, -0.2) is 0 Å². The van der Waals surface area contributed by atoms with Crippen molar-refractivity contribution in [3.8, 4) is 0 Å². The van der Waals surface area contributed by atoms with E-state index < -0.39 is 6.04 Å². The third-order valence-electron chi connectivity index (χ3n) is 2.86. The molecule has 1 rings (SSSR count). The SMILES string of the molecule is CCC[C@H](N)C(=O)NC(CC)c1ccccc1. The Morgan fingerprint density at radius 3 is 2.47 bits per heavy atom. The molecule has 1 aromatic carbocycles. The standard InChI is InChI=1S/C14H22N2O/c1-3-8-12(15)14(17)16-13(4-2)11-9-6-5-7-10-11/h5-7,9-10,12-13H,3-4,8,15H2,1-2H3,(H,16,17)/t12-,13?/m0/s1. The van der Waals surface area contributed by atoms with Crippen molar-refractivity contribution >= 4 is 5.91 Å². The van der Waals surface area contributed by atoms with E-state index in [2.05, 4.69) is 12.2 Å². The first kappa shape index (κ1) is 13.7. The minimum Gasteiger partial charge on any atom is -0.348 e. The van der Waals surface area contributed by atoms with Crippen LogP contribution < -0.4 is 11.1 Å². The second-order valence-corrected chi connectivity index (χ2v) is 4.28. The van der Waals surface area contributed by atoms with Crippen molar-refractivity contribution in [2.24, 2.45) is 5.73 Å². The number of rotatable bonds is 6. The molecule has 0 fully saturated rings. The lowest BCUT2D eigenvalue weighted by Gasteiger charge is -2.20. The molecule has 0 spiro atoms. The molecule has 2 atom stereocenters. The first-order valence-corrected chi connectivity index (χ1v) is 6.29. The van der Waals surface area contributed by atoms with E-state index in [-0.39, 0.29) is 11.9 Å². The van der Waals surface area contributed by atoms with E-state index in [0.717, 1.165) is 24.8 Å². The average Bonchev–Trinajstić information content (AvgIpc) is 2.37. The van der Waals surface area contributed by atoms with Gasteiger partial charge in [0.05, 0.1) is 12.1 Å². The quantitative estimate of drug-likeness (QED) is 0.794. The number of hydrogen-bond donors (Lipinski definition) is 2. The van der Waals surface area contributed by atoms with E-state index in [1.807, 2.05) is 37.3 Å². The molecule has 0 saturated carbocycles. The van der Waals surface area contributed by atoms with Gasteiger partial charge in [0.2, 0.25) is 5.91 Å². The molecule has 3 N–H and O–H groups in total. The number of carbonyl (C=O) groups is 1. The van der Waals surface area contributed by atoms with Gasteiger partial charge in [-0.3, -0.25) is 4.79 Å². The third-order valence-corrected chi connectivity index (χ3v) is 2.86. The van der Waals surface area contributed by atoms with Crippen LogP contribution in [0.15, 0.2) is 30.3 Å².